The van der Waals surface area contributed by atoms with Crippen LogP contribution in [0.15, 0.2) is 146 Å². The Kier molecular flexibility index (Phi) is 14.4. The molecule has 4 aromatic carbocycles. The molecule has 340 valence electrons. The molecule has 8 aromatic rings. The van der Waals surface area contributed by atoms with Crippen molar-refractivity contribution in [2.24, 2.45) is 0 Å². The van der Waals surface area contributed by atoms with Gasteiger partial charge in [-0.25, -0.2) is 18.7 Å². The normalized spacial score (nSPS) is 14.7. The van der Waals surface area contributed by atoms with Crippen molar-refractivity contribution in [2.45, 2.75) is 38.8 Å². The Balaban J connectivity index is 0.000000151. The second-order valence-corrected chi connectivity index (χ2v) is 16.5. The third-order valence-corrected chi connectivity index (χ3v) is 11.5. The topological polar surface area (TPSA) is 140 Å². The Labute approximate surface area is 393 Å². The quantitative estimate of drug-likeness (QED) is 0.111. The number of pyridine rings is 2. The molecule has 2 aliphatic heterocycles. The van der Waals surface area contributed by atoms with E-state index in [0.717, 1.165) is 41.2 Å². The number of anilines is 5. The summed E-state index contributed by atoms with van der Waals surface area (Å²) in [5.74, 6) is 2.55. The standard InChI is InChI=1S/C26H24FN5O.C14H14ClN3O.C12H11FN2/c1-17-12-19(10-11-28-17)22-9-8-20(14-23(22)27)30-26-29-15-24-25(31-26)32(2)21(16-33-24)13-18-6-4-3-5-7-18;1-18-11(7-10-5-3-2-4-6-10)9-19-12-8-16-14(15)17-13(12)18;1-8-6-9(4-5-15-8)11-3-2-10(14)7-12(11)13/h3-12,14-15,21H,13,16H2,1-2H3,(H,29,30,31);2-6,8,11H,7,9H2,1H3;2-7H,14H2,1H3. The highest BCUT2D eigenvalue weighted by molar-refractivity contribution is 6.28. The number of nitrogen functional groups attached to an aromatic ring is 1. The smallest absolute Gasteiger partial charge is 0.229 e. The van der Waals surface area contributed by atoms with Gasteiger partial charge in [0.25, 0.3) is 0 Å². The monoisotopic (exact) mass is 918 g/mol. The summed E-state index contributed by atoms with van der Waals surface area (Å²) in [6.45, 7) is 4.95. The molecule has 0 bridgehead atoms. The Morgan fingerprint density at radius 3 is 1.66 bits per heavy atom. The molecule has 4 aromatic heterocycles. The molecule has 6 heterocycles. The van der Waals surface area contributed by atoms with Gasteiger partial charge in [0.2, 0.25) is 11.2 Å². The average molecular weight is 919 g/mol. The number of benzene rings is 4. The van der Waals surface area contributed by atoms with Crippen molar-refractivity contribution in [1.82, 2.24) is 29.9 Å². The van der Waals surface area contributed by atoms with E-state index >= 15 is 0 Å². The van der Waals surface area contributed by atoms with Crippen LogP contribution in [0.4, 0.5) is 37.7 Å². The molecule has 2 atom stereocenters. The van der Waals surface area contributed by atoms with Crippen LogP contribution in [0.3, 0.4) is 0 Å². The number of fused-ring (bicyclic) bond motifs is 2. The van der Waals surface area contributed by atoms with Crippen LogP contribution in [0.5, 0.6) is 11.5 Å². The van der Waals surface area contributed by atoms with Crippen LogP contribution in [-0.4, -0.2) is 69.3 Å². The molecule has 2 aliphatic rings. The summed E-state index contributed by atoms with van der Waals surface area (Å²) in [6, 6.07) is 38.1. The highest BCUT2D eigenvalue weighted by atomic mass is 35.5. The first-order chi connectivity index (χ1) is 32.5. The number of nitrogens with one attached hydrogen (secondary N) is 1. The molecule has 0 fully saturated rings. The zero-order chi connectivity index (χ0) is 46.9. The molecule has 15 heteroatoms. The van der Waals surface area contributed by atoms with Crippen molar-refractivity contribution in [3.05, 3.63) is 186 Å². The lowest BCUT2D eigenvalue weighted by molar-refractivity contribution is 0.262. The fourth-order valence-corrected chi connectivity index (χ4v) is 7.85. The summed E-state index contributed by atoms with van der Waals surface area (Å²) in [4.78, 5) is 29.6. The van der Waals surface area contributed by atoms with Crippen LogP contribution in [-0.2, 0) is 12.8 Å². The first-order valence-corrected chi connectivity index (χ1v) is 22.0. The number of ether oxygens (including phenoxy) is 2. The van der Waals surface area contributed by atoms with Gasteiger partial charge in [-0.3, -0.25) is 9.97 Å². The summed E-state index contributed by atoms with van der Waals surface area (Å²) in [6.07, 6.45) is 8.40. The SMILES string of the molecule is CN1c2nc(Cl)ncc2OCC1Cc1ccccc1.Cc1cc(-c2ccc(N)cc2F)ccn1.Cc1cc(-c2ccc(Nc3ncc4c(n3)N(C)C(Cc3ccccc3)CO4)cc2F)ccn1. The highest BCUT2D eigenvalue weighted by Crippen LogP contribution is 2.34. The third-order valence-electron chi connectivity index (χ3n) is 11.3. The first kappa shape index (κ1) is 45.8. The van der Waals surface area contributed by atoms with Crippen molar-refractivity contribution >= 4 is 40.6 Å². The molecular weight excluding hydrogens is 870 g/mol. The van der Waals surface area contributed by atoms with E-state index in [-0.39, 0.29) is 29.0 Å². The molecule has 0 spiro atoms. The minimum atomic E-state index is -0.327. The average Bonchev–Trinajstić information content (AvgIpc) is 3.32. The van der Waals surface area contributed by atoms with E-state index in [2.05, 4.69) is 69.3 Å². The van der Waals surface area contributed by atoms with E-state index in [1.54, 1.807) is 55.1 Å². The maximum Gasteiger partial charge on any atom is 0.229 e. The third kappa shape index (κ3) is 11.6. The summed E-state index contributed by atoms with van der Waals surface area (Å²) in [5.41, 5.74) is 13.4. The summed E-state index contributed by atoms with van der Waals surface area (Å²) in [7, 11) is 4.02. The largest absolute Gasteiger partial charge is 0.486 e. The van der Waals surface area contributed by atoms with Gasteiger partial charge in [-0.05, 0) is 121 Å². The fourth-order valence-electron chi connectivity index (χ4n) is 7.73. The molecule has 0 amide bonds. The highest BCUT2D eigenvalue weighted by Gasteiger charge is 2.28. The van der Waals surface area contributed by atoms with Crippen molar-refractivity contribution in [1.29, 1.82) is 0 Å². The molecule has 0 aliphatic carbocycles. The summed E-state index contributed by atoms with van der Waals surface area (Å²) < 4.78 is 40.0. The lowest BCUT2D eigenvalue weighted by Crippen LogP contribution is -2.42. The van der Waals surface area contributed by atoms with Gasteiger partial charge in [0.05, 0.1) is 24.5 Å². The number of halogens is 3. The van der Waals surface area contributed by atoms with E-state index in [1.807, 2.05) is 82.5 Å². The fraction of sp³-hybridized carbons (Fsp3) is 0.192. The molecule has 0 saturated heterocycles. The summed E-state index contributed by atoms with van der Waals surface area (Å²) in [5, 5.41) is 3.36. The second-order valence-electron chi connectivity index (χ2n) is 16.2. The van der Waals surface area contributed by atoms with Crippen LogP contribution in [0, 0.1) is 25.5 Å². The van der Waals surface area contributed by atoms with Crippen molar-refractivity contribution in [3.8, 4) is 33.8 Å². The predicted octanol–water partition coefficient (Wildman–Crippen LogP) is 10.5. The van der Waals surface area contributed by atoms with E-state index in [9.17, 15) is 8.78 Å². The number of rotatable bonds is 8. The lowest BCUT2D eigenvalue weighted by Gasteiger charge is -2.34. The molecule has 10 rings (SSSR count). The number of hydrogen-bond acceptors (Lipinski definition) is 12. The number of aromatic nitrogens is 6. The maximum atomic E-state index is 14.8. The Morgan fingerprint density at radius 1 is 0.627 bits per heavy atom. The molecule has 2 unspecified atom stereocenters. The van der Waals surface area contributed by atoms with E-state index < -0.39 is 0 Å². The molecule has 0 saturated carbocycles. The Morgan fingerprint density at radius 2 is 1.13 bits per heavy atom. The molecule has 0 radical (unpaired) electrons. The predicted molar refractivity (Wildman–Crippen MR) is 261 cm³/mol. The van der Waals surface area contributed by atoms with Gasteiger partial charge in [0, 0.05) is 60.4 Å². The zero-order valence-electron chi connectivity index (χ0n) is 37.4. The van der Waals surface area contributed by atoms with Gasteiger partial charge in [-0.2, -0.15) is 9.97 Å². The first-order valence-electron chi connectivity index (χ1n) is 21.6. The Hall–Kier alpha value is -7.71. The van der Waals surface area contributed by atoms with Crippen LogP contribution >= 0.6 is 11.6 Å². The number of aryl methyl sites for hydroxylation is 2. The number of likely N-dealkylation sites (N-methyl/N-ethyl adjacent to an activating group) is 2. The number of nitrogens with zero attached hydrogens (tertiary/aromatic N) is 8. The zero-order valence-corrected chi connectivity index (χ0v) is 38.2. The molecular formula is C52H49ClF2N10O2. The van der Waals surface area contributed by atoms with Gasteiger partial charge in [0.15, 0.2) is 23.1 Å². The molecule has 12 nitrogen and oxygen atoms in total. The molecule has 3 N–H and O–H groups in total. The minimum absolute atomic E-state index is 0.156. The second kappa shape index (κ2) is 21.1. The van der Waals surface area contributed by atoms with Crippen molar-refractivity contribution < 1.29 is 18.3 Å². The van der Waals surface area contributed by atoms with Gasteiger partial charge in [0.1, 0.15) is 24.8 Å². The number of nitrogens with two attached hydrogens (primary N) is 1. The van der Waals surface area contributed by atoms with Crippen LogP contribution < -0.4 is 30.3 Å². The lowest BCUT2D eigenvalue weighted by atomic mass is 10.0. The van der Waals surface area contributed by atoms with Gasteiger partial charge in [-0.1, -0.05) is 60.7 Å². The van der Waals surface area contributed by atoms with Crippen LogP contribution in [0.2, 0.25) is 5.28 Å². The van der Waals surface area contributed by atoms with Gasteiger partial charge in [-0.15, -0.1) is 0 Å². The van der Waals surface area contributed by atoms with E-state index in [0.29, 0.717) is 59.0 Å². The Bertz CT molecular complexity index is 2950. The number of hydrogen-bond donors (Lipinski definition) is 2. The molecule has 67 heavy (non-hydrogen) atoms. The minimum Gasteiger partial charge on any atom is -0.486 e. The van der Waals surface area contributed by atoms with Gasteiger partial charge >= 0.3 is 0 Å². The van der Waals surface area contributed by atoms with Crippen LogP contribution in [0.25, 0.3) is 22.3 Å². The van der Waals surface area contributed by atoms with Crippen molar-refractivity contribution in [3.63, 3.8) is 0 Å². The van der Waals surface area contributed by atoms with E-state index in [4.69, 9.17) is 26.8 Å². The van der Waals surface area contributed by atoms with E-state index in [1.165, 1.54) is 23.3 Å². The summed E-state index contributed by atoms with van der Waals surface area (Å²) >= 11 is 5.85. The van der Waals surface area contributed by atoms with Crippen molar-refractivity contribution in [2.75, 3.05) is 48.2 Å². The van der Waals surface area contributed by atoms with Gasteiger partial charge < -0.3 is 30.3 Å². The maximum absolute atomic E-state index is 14.8. The van der Waals surface area contributed by atoms with Crippen LogP contribution in [0.1, 0.15) is 22.5 Å².